The minimum atomic E-state index is 0.0632. The molecular weight excluding hydrogens is 288 g/mol. The van der Waals surface area contributed by atoms with E-state index in [1.54, 1.807) is 0 Å². The highest BCUT2D eigenvalue weighted by molar-refractivity contribution is 5.76. The Morgan fingerprint density at radius 2 is 1.78 bits per heavy atom. The number of anilines is 1. The van der Waals surface area contributed by atoms with Crippen LogP contribution in [0, 0.1) is 0 Å². The third kappa shape index (κ3) is 5.66. The third-order valence-corrected chi connectivity index (χ3v) is 3.55. The lowest BCUT2D eigenvalue weighted by atomic mass is 10.2. The van der Waals surface area contributed by atoms with Crippen LogP contribution in [-0.4, -0.2) is 18.5 Å². The van der Waals surface area contributed by atoms with Crippen LogP contribution in [0.4, 0.5) is 5.69 Å². The van der Waals surface area contributed by atoms with Gasteiger partial charge in [-0.3, -0.25) is 4.79 Å². The average Bonchev–Trinajstić information content (AvgIpc) is 2.57. The Hall–Kier alpha value is -2.49. The number of amides is 1. The van der Waals surface area contributed by atoms with Crippen molar-refractivity contribution in [3.63, 3.8) is 0 Å². The van der Waals surface area contributed by atoms with Crippen LogP contribution in [0.25, 0.3) is 0 Å². The van der Waals surface area contributed by atoms with Gasteiger partial charge < -0.3 is 15.4 Å². The van der Waals surface area contributed by atoms with E-state index < -0.39 is 0 Å². The smallest absolute Gasteiger partial charge is 0.221 e. The van der Waals surface area contributed by atoms with Crippen LogP contribution >= 0.6 is 0 Å². The van der Waals surface area contributed by atoms with E-state index in [1.807, 2.05) is 61.5 Å². The first-order valence-electron chi connectivity index (χ1n) is 8.04. The van der Waals surface area contributed by atoms with Gasteiger partial charge in [-0.2, -0.15) is 0 Å². The van der Waals surface area contributed by atoms with Gasteiger partial charge in [-0.15, -0.1) is 0 Å². The number of carbonyl (C=O) groups excluding carboxylic acids is 1. The third-order valence-electron chi connectivity index (χ3n) is 3.55. The van der Waals surface area contributed by atoms with Gasteiger partial charge in [0.05, 0.1) is 5.69 Å². The number of hydrogen-bond acceptors (Lipinski definition) is 3. The molecule has 2 aromatic rings. The molecule has 0 heterocycles. The second kappa shape index (κ2) is 8.83. The Bertz CT molecular complexity index is 614. The molecular formula is C19H24N2O2. The molecule has 0 bridgehead atoms. The van der Waals surface area contributed by atoms with Gasteiger partial charge in [0.2, 0.25) is 5.91 Å². The molecule has 2 rings (SSSR count). The van der Waals surface area contributed by atoms with Crippen LogP contribution in [0.15, 0.2) is 54.6 Å². The number of para-hydroxylation sites is 3. The summed E-state index contributed by atoms with van der Waals surface area (Å²) in [4.78, 5) is 11.8. The van der Waals surface area contributed by atoms with E-state index >= 15 is 0 Å². The molecule has 0 aliphatic heterocycles. The summed E-state index contributed by atoms with van der Waals surface area (Å²) in [5.41, 5.74) is 0.882. The Kier molecular flexibility index (Phi) is 6.48. The van der Waals surface area contributed by atoms with Crippen molar-refractivity contribution in [2.75, 3.05) is 11.9 Å². The lowest BCUT2D eigenvalue weighted by Gasteiger charge is -2.14. The summed E-state index contributed by atoms with van der Waals surface area (Å²) in [7, 11) is 0. The molecule has 4 nitrogen and oxygen atoms in total. The van der Waals surface area contributed by atoms with E-state index in [9.17, 15) is 4.79 Å². The maximum atomic E-state index is 11.8. The maximum Gasteiger partial charge on any atom is 0.221 e. The minimum absolute atomic E-state index is 0.0632. The van der Waals surface area contributed by atoms with Crippen molar-refractivity contribution < 1.29 is 9.53 Å². The normalized spacial score (nSPS) is 11.6. The molecule has 23 heavy (non-hydrogen) atoms. The van der Waals surface area contributed by atoms with Crippen LogP contribution in [0.5, 0.6) is 11.5 Å². The van der Waals surface area contributed by atoms with Gasteiger partial charge >= 0.3 is 0 Å². The zero-order valence-electron chi connectivity index (χ0n) is 13.7. The molecule has 0 radical (unpaired) electrons. The van der Waals surface area contributed by atoms with E-state index in [4.69, 9.17) is 4.74 Å². The summed E-state index contributed by atoms with van der Waals surface area (Å²) in [6, 6.07) is 17.6. The molecule has 0 fully saturated rings. The number of rotatable bonds is 8. The van der Waals surface area contributed by atoms with Crippen LogP contribution < -0.4 is 15.4 Å². The second-order valence-corrected chi connectivity index (χ2v) is 5.46. The van der Waals surface area contributed by atoms with E-state index in [0.717, 1.165) is 23.6 Å². The van der Waals surface area contributed by atoms with Crippen molar-refractivity contribution in [1.82, 2.24) is 5.32 Å². The quantitative estimate of drug-likeness (QED) is 0.768. The van der Waals surface area contributed by atoms with Crippen LogP contribution in [0.2, 0.25) is 0 Å². The summed E-state index contributed by atoms with van der Waals surface area (Å²) in [6.07, 6.45) is 1.37. The Balaban J connectivity index is 1.89. The molecule has 0 saturated carbocycles. The number of nitrogens with one attached hydrogen (secondary N) is 2. The lowest BCUT2D eigenvalue weighted by molar-refractivity contribution is -0.121. The van der Waals surface area contributed by atoms with Gasteiger partial charge in [-0.25, -0.2) is 0 Å². The molecule has 0 aromatic heterocycles. The first-order valence-corrected chi connectivity index (χ1v) is 8.04. The molecule has 1 unspecified atom stereocenters. The zero-order valence-corrected chi connectivity index (χ0v) is 13.7. The summed E-state index contributed by atoms with van der Waals surface area (Å²) in [5.74, 6) is 1.60. The number of ether oxygens (including phenoxy) is 1. The fraction of sp³-hybridized carbons (Fsp3) is 0.316. The van der Waals surface area contributed by atoms with Crippen molar-refractivity contribution >= 4 is 11.6 Å². The summed E-state index contributed by atoms with van der Waals surface area (Å²) in [5, 5.41) is 6.23. The van der Waals surface area contributed by atoms with Gasteiger partial charge in [0.1, 0.15) is 5.75 Å². The topological polar surface area (TPSA) is 50.4 Å². The second-order valence-electron chi connectivity index (χ2n) is 5.46. The first kappa shape index (κ1) is 16.9. The van der Waals surface area contributed by atoms with Gasteiger partial charge in [-0.05, 0) is 37.6 Å². The molecule has 4 heteroatoms. The van der Waals surface area contributed by atoms with Crippen molar-refractivity contribution in [1.29, 1.82) is 0 Å². The molecule has 1 atom stereocenters. The highest BCUT2D eigenvalue weighted by atomic mass is 16.5. The predicted octanol–water partition coefficient (Wildman–Crippen LogP) is 4.20. The molecule has 1 amide bonds. The molecule has 2 N–H and O–H groups in total. The van der Waals surface area contributed by atoms with Gasteiger partial charge in [0, 0.05) is 19.0 Å². The highest BCUT2D eigenvalue weighted by Gasteiger charge is 2.07. The summed E-state index contributed by atoms with van der Waals surface area (Å²) < 4.78 is 5.89. The van der Waals surface area contributed by atoms with Gasteiger partial charge in [0.25, 0.3) is 0 Å². The van der Waals surface area contributed by atoms with E-state index in [1.165, 1.54) is 0 Å². The van der Waals surface area contributed by atoms with Crippen molar-refractivity contribution in [2.45, 2.75) is 32.7 Å². The number of benzene rings is 2. The fourth-order valence-corrected chi connectivity index (χ4v) is 2.08. The monoisotopic (exact) mass is 312 g/mol. The predicted molar refractivity (Wildman–Crippen MR) is 94.0 cm³/mol. The van der Waals surface area contributed by atoms with E-state index in [2.05, 4.69) is 17.6 Å². The largest absolute Gasteiger partial charge is 0.455 e. The first-order chi connectivity index (χ1) is 11.2. The summed E-state index contributed by atoms with van der Waals surface area (Å²) >= 11 is 0. The van der Waals surface area contributed by atoms with Crippen LogP contribution in [0.3, 0.4) is 0 Å². The lowest BCUT2D eigenvalue weighted by Crippen LogP contribution is -2.32. The standard InChI is InChI=1S/C19H24N2O2/c1-3-15(2)21-19(22)13-14-20-17-11-7-8-12-18(17)23-16-9-5-4-6-10-16/h4-12,15,20H,3,13-14H2,1-2H3,(H,21,22). The molecule has 0 aliphatic carbocycles. The van der Waals surface area contributed by atoms with Crippen molar-refractivity contribution in [3.8, 4) is 11.5 Å². The van der Waals surface area contributed by atoms with E-state index in [-0.39, 0.29) is 11.9 Å². The highest BCUT2D eigenvalue weighted by Crippen LogP contribution is 2.28. The molecule has 0 aliphatic rings. The minimum Gasteiger partial charge on any atom is -0.455 e. The molecule has 0 spiro atoms. The Morgan fingerprint density at radius 1 is 1.09 bits per heavy atom. The van der Waals surface area contributed by atoms with E-state index in [0.29, 0.717) is 13.0 Å². The van der Waals surface area contributed by atoms with Crippen LogP contribution in [0.1, 0.15) is 26.7 Å². The Morgan fingerprint density at radius 3 is 2.52 bits per heavy atom. The fourth-order valence-electron chi connectivity index (χ4n) is 2.08. The molecule has 0 saturated heterocycles. The zero-order chi connectivity index (χ0) is 16.5. The van der Waals surface area contributed by atoms with Gasteiger partial charge in [0.15, 0.2) is 5.75 Å². The Labute approximate surface area is 137 Å². The number of hydrogen-bond donors (Lipinski definition) is 2. The maximum absolute atomic E-state index is 11.8. The van der Waals surface area contributed by atoms with Gasteiger partial charge in [-0.1, -0.05) is 37.3 Å². The van der Waals surface area contributed by atoms with Crippen LogP contribution in [-0.2, 0) is 4.79 Å². The van der Waals surface area contributed by atoms with Crippen molar-refractivity contribution in [2.24, 2.45) is 0 Å². The SMILES string of the molecule is CCC(C)NC(=O)CCNc1ccccc1Oc1ccccc1. The molecule has 122 valence electrons. The molecule has 2 aromatic carbocycles. The van der Waals surface area contributed by atoms with Crippen molar-refractivity contribution in [3.05, 3.63) is 54.6 Å². The average molecular weight is 312 g/mol. The number of carbonyl (C=O) groups is 1. The summed E-state index contributed by atoms with van der Waals surface area (Å²) in [6.45, 7) is 4.63.